The van der Waals surface area contributed by atoms with Crippen molar-refractivity contribution in [2.24, 2.45) is 0 Å². The predicted octanol–water partition coefficient (Wildman–Crippen LogP) is 0.988. The minimum absolute atomic E-state index is 0.886. The fourth-order valence-electron chi connectivity index (χ4n) is 0.246. The molecule has 0 aromatic carbocycles. The molecule has 0 spiro atoms. The summed E-state index contributed by atoms with van der Waals surface area (Å²) in [5.41, 5.74) is 0. The SMILES string of the molecule is CCOC[CH2][Hg]. The number of hydrogen-bond acceptors (Lipinski definition) is 1. The molecule has 0 aromatic rings. The average Bonchev–Trinajstić information content (AvgIpc) is 1.61. The molecule has 0 heterocycles. The van der Waals surface area contributed by atoms with Crippen LogP contribution >= 0.6 is 0 Å². The molecule has 0 saturated heterocycles. The Bertz CT molecular complexity index is 19.5. The molecule has 0 aromatic heterocycles. The first kappa shape index (κ1) is 6.90. The van der Waals surface area contributed by atoms with E-state index in [9.17, 15) is 0 Å². The van der Waals surface area contributed by atoms with Gasteiger partial charge in [0.25, 0.3) is 0 Å². The van der Waals surface area contributed by atoms with Crippen molar-refractivity contribution in [2.45, 2.75) is 10.9 Å². The zero-order valence-corrected chi connectivity index (χ0v) is 9.73. The van der Waals surface area contributed by atoms with Gasteiger partial charge in [-0.3, -0.25) is 0 Å². The second-order valence-corrected chi connectivity index (χ2v) is 3.80. The zero-order chi connectivity index (χ0) is 4.83. The quantitative estimate of drug-likeness (QED) is 0.550. The van der Waals surface area contributed by atoms with Gasteiger partial charge in [0.05, 0.1) is 0 Å². The Labute approximate surface area is 55.0 Å². The molecule has 0 amide bonds. The third kappa shape index (κ3) is 4.90. The van der Waals surface area contributed by atoms with Crippen LogP contribution in [0.4, 0.5) is 0 Å². The number of ether oxygens (including phenoxy) is 1. The van der Waals surface area contributed by atoms with Gasteiger partial charge >= 0.3 is 54.9 Å². The molecule has 6 heavy (non-hydrogen) atoms. The van der Waals surface area contributed by atoms with Crippen LogP contribution in [0.15, 0.2) is 0 Å². The molecule has 0 saturated carbocycles. The summed E-state index contributed by atoms with van der Waals surface area (Å²) >= 11 is 0.947. The standard InChI is InChI=1S/C4H9O.Hg/c1-3-5-4-2;/h1,3-4H2,2H3;. The van der Waals surface area contributed by atoms with E-state index in [4.69, 9.17) is 4.74 Å². The molecule has 0 bridgehead atoms. The second kappa shape index (κ2) is 5.90. The van der Waals surface area contributed by atoms with Crippen LogP contribution in [0, 0.1) is 0 Å². The monoisotopic (exact) mass is 275 g/mol. The zero-order valence-electron chi connectivity index (χ0n) is 4.24. The molecule has 0 radical (unpaired) electrons. The molecule has 1 nitrogen and oxygen atoms in total. The normalized spacial score (nSPS) is 9.17. The minimum atomic E-state index is 0.886. The molecule has 0 aliphatic heterocycles. The van der Waals surface area contributed by atoms with E-state index in [0.717, 1.165) is 39.3 Å². The summed E-state index contributed by atoms with van der Waals surface area (Å²) in [6.07, 6.45) is 0. The van der Waals surface area contributed by atoms with E-state index >= 15 is 0 Å². The predicted molar refractivity (Wildman–Crippen MR) is 21.3 cm³/mol. The Kier molecular flexibility index (Phi) is 6.77. The molecule has 0 aliphatic rings. The van der Waals surface area contributed by atoms with Gasteiger partial charge in [-0.1, -0.05) is 0 Å². The van der Waals surface area contributed by atoms with Crippen LogP contribution in [-0.2, 0) is 30.9 Å². The van der Waals surface area contributed by atoms with Crippen LogP contribution < -0.4 is 0 Å². The van der Waals surface area contributed by atoms with Crippen molar-refractivity contribution >= 4 is 0 Å². The van der Waals surface area contributed by atoms with Gasteiger partial charge in [0.15, 0.2) is 0 Å². The molecule has 0 atom stereocenters. The topological polar surface area (TPSA) is 9.23 Å². The molecular weight excluding hydrogens is 265 g/mol. The van der Waals surface area contributed by atoms with Gasteiger partial charge in [-0.15, -0.1) is 0 Å². The third-order valence-electron chi connectivity index (χ3n) is 0.493. The molecule has 0 fully saturated rings. The average molecular weight is 274 g/mol. The Morgan fingerprint density at radius 3 is 2.50 bits per heavy atom. The van der Waals surface area contributed by atoms with Crippen LogP contribution in [0.25, 0.3) is 0 Å². The van der Waals surface area contributed by atoms with Crippen LogP contribution in [0.3, 0.4) is 0 Å². The molecule has 33 valence electrons. The van der Waals surface area contributed by atoms with Crippen molar-refractivity contribution in [3.63, 3.8) is 0 Å². The fourth-order valence-corrected chi connectivity index (χ4v) is 1.04. The molecule has 0 aliphatic carbocycles. The van der Waals surface area contributed by atoms with Gasteiger partial charge in [-0.2, -0.15) is 0 Å². The van der Waals surface area contributed by atoms with E-state index in [-0.39, 0.29) is 0 Å². The van der Waals surface area contributed by atoms with Gasteiger partial charge in [-0.05, 0) is 0 Å². The van der Waals surface area contributed by atoms with E-state index < -0.39 is 0 Å². The Morgan fingerprint density at radius 2 is 2.33 bits per heavy atom. The number of hydrogen-bond donors (Lipinski definition) is 0. The van der Waals surface area contributed by atoms with Gasteiger partial charge in [0, 0.05) is 0 Å². The summed E-state index contributed by atoms with van der Waals surface area (Å²) in [4.78, 5) is 0. The van der Waals surface area contributed by atoms with Crippen LogP contribution in [0.2, 0.25) is 3.93 Å². The van der Waals surface area contributed by atoms with Crippen LogP contribution in [-0.4, -0.2) is 13.2 Å². The first-order valence-corrected chi connectivity index (χ1v) is 6.17. The van der Waals surface area contributed by atoms with Crippen LogP contribution in [0.1, 0.15) is 6.92 Å². The summed E-state index contributed by atoms with van der Waals surface area (Å²) in [5.74, 6) is 0. The van der Waals surface area contributed by atoms with Crippen molar-refractivity contribution in [1.82, 2.24) is 0 Å². The van der Waals surface area contributed by atoms with Gasteiger partial charge in [-0.25, -0.2) is 0 Å². The third-order valence-corrected chi connectivity index (χ3v) is 1.62. The maximum absolute atomic E-state index is 5.03. The first-order valence-electron chi connectivity index (χ1n) is 2.28. The molecule has 0 unspecified atom stereocenters. The van der Waals surface area contributed by atoms with E-state index in [1.165, 1.54) is 3.93 Å². The van der Waals surface area contributed by atoms with Crippen molar-refractivity contribution < 1.29 is 30.9 Å². The molecule has 0 rings (SSSR count). The van der Waals surface area contributed by atoms with Crippen molar-refractivity contribution in [3.05, 3.63) is 0 Å². The summed E-state index contributed by atoms with van der Waals surface area (Å²) in [6.45, 7) is 3.92. The molecule has 0 N–H and O–H groups in total. The summed E-state index contributed by atoms with van der Waals surface area (Å²) in [6, 6.07) is 0. The molecule has 2 heteroatoms. The van der Waals surface area contributed by atoms with E-state index in [0.29, 0.717) is 0 Å². The van der Waals surface area contributed by atoms with Gasteiger partial charge in [0.2, 0.25) is 0 Å². The summed E-state index contributed by atoms with van der Waals surface area (Å²) < 4.78 is 6.36. The fraction of sp³-hybridized carbons (Fsp3) is 1.00. The number of rotatable bonds is 3. The maximum atomic E-state index is 5.03. The van der Waals surface area contributed by atoms with Gasteiger partial charge < -0.3 is 0 Å². The Balaban J connectivity index is 2.34. The summed E-state index contributed by atoms with van der Waals surface area (Å²) in [7, 11) is 0. The van der Waals surface area contributed by atoms with E-state index in [1.807, 2.05) is 6.92 Å². The first-order chi connectivity index (χ1) is 2.91. The van der Waals surface area contributed by atoms with Crippen molar-refractivity contribution in [2.75, 3.05) is 13.2 Å². The Hall–Kier alpha value is 0.895. The van der Waals surface area contributed by atoms with Crippen molar-refractivity contribution in [1.29, 1.82) is 0 Å². The van der Waals surface area contributed by atoms with Gasteiger partial charge in [0.1, 0.15) is 0 Å². The van der Waals surface area contributed by atoms with E-state index in [2.05, 4.69) is 0 Å². The second-order valence-electron chi connectivity index (χ2n) is 1.05. The van der Waals surface area contributed by atoms with Crippen molar-refractivity contribution in [3.8, 4) is 0 Å². The Morgan fingerprint density at radius 1 is 1.67 bits per heavy atom. The van der Waals surface area contributed by atoms with E-state index in [1.54, 1.807) is 0 Å². The summed E-state index contributed by atoms with van der Waals surface area (Å²) in [5, 5.41) is 0. The molecular formula is C4H9HgO. The van der Waals surface area contributed by atoms with Crippen LogP contribution in [0.5, 0.6) is 0 Å².